The van der Waals surface area contributed by atoms with Crippen LogP contribution >= 0.6 is 0 Å². The summed E-state index contributed by atoms with van der Waals surface area (Å²) in [6, 6.07) is 0.730. The molecule has 0 aliphatic carbocycles. The van der Waals surface area contributed by atoms with Crippen molar-refractivity contribution in [2.75, 3.05) is 39.9 Å². The Morgan fingerprint density at radius 3 is 3.00 bits per heavy atom. The summed E-state index contributed by atoms with van der Waals surface area (Å²) in [7, 11) is 1.82. The van der Waals surface area contributed by atoms with Gasteiger partial charge >= 0.3 is 0 Å². The number of hydrogen-bond donors (Lipinski definition) is 1. The van der Waals surface area contributed by atoms with Crippen molar-refractivity contribution in [1.29, 1.82) is 0 Å². The first-order valence-corrected chi connectivity index (χ1v) is 7.21. The maximum Gasteiger partial charge on any atom is 0.0502 e. The van der Waals surface area contributed by atoms with Crippen LogP contribution in [0, 0.1) is 5.92 Å². The van der Waals surface area contributed by atoms with Crippen LogP contribution in [-0.4, -0.2) is 50.8 Å². The highest BCUT2D eigenvalue weighted by Gasteiger charge is 2.22. The minimum absolute atomic E-state index is 0.730. The number of hydrogen-bond acceptors (Lipinski definition) is 3. The van der Waals surface area contributed by atoms with Crippen molar-refractivity contribution in [2.24, 2.45) is 5.92 Å². The van der Waals surface area contributed by atoms with Gasteiger partial charge in [-0.15, -0.1) is 0 Å². The Morgan fingerprint density at radius 1 is 1.47 bits per heavy atom. The highest BCUT2D eigenvalue weighted by molar-refractivity contribution is 4.77. The number of rotatable bonds is 8. The van der Waals surface area contributed by atoms with Gasteiger partial charge in [0.25, 0.3) is 0 Å². The second-order valence-corrected chi connectivity index (χ2v) is 5.30. The van der Waals surface area contributed by atoms with Gasteiger partial charge in [0.2, 0.25) is 0 Å². The van der Waals surface area contributed by atoms with Gasteiger partial charge in [0, 0.05) is 19.7 Å². The number of ether oxygens (including phenoxy) is 1. The molecule has 1 rings (SSSR count). The maximum absolute atomic E-state index is 5.29. The Kier molecular flexibility index (Phi) is 7.82. The van der Waals surface area contributed by atoms with Crippen molar-refractivity contribution in [3.8, 4) is 0 Å². The van der Waals surface area contributed by atoms with Crippen LogP contribution in [0.1, 0.15) is 39.5 Å². The average molecular weight is 242 g/mol. The number of piperidine rings is 1. The lowest BCUT2D eigenvalue weighted by molar-refractivity contribution is 0.0697. The van der Waals surface area contributed by atoms with Crippen LogP contribution in [0.15, 0.2) is 0 Å². The van der Waals surface area contributed by atoms with Gasteiger partial charge < -0.3 is 15.0 Å². The smallest absolute Gasteiger partial charge is 0.0502 e. The van der Waals surface area contributed by atoms with Crippen LogP contribution in [0.5, 0.6) is 0 Å². The first kappa shape index (κ1) is 14.9. The van der Waals surface area contributed by atoms with Gasteiger partial charge in [0.1, 0.15) is 0 Å². The Hall–Kier alpha value is -0.120. The molecule has 1 aliphatic rings. The molecule has 1 N–H and O–H groups in total. The zero-order valence-electron chi connectivity index (χ0n) is 11.9. The summed E-state index contributed by atoms with van der Waals surface area (Å²) in [6.07, 6.45) is 5.28. The van der Waals surface area contributed by atoms with E-state index in [9.17, 15) is 0 Å². The molecular weight excluding hydrogens is 212 g/mol. The van der Waals surface area contributed by atoms with Crippen LogP contribution in [-0.2, 0) is 4.74 Å². The molecule has 3 nitrogen and oxygen atoms in total. The summed E-state index contributed by atoms with van der Waals surface area (Å²) < 4.78 is 5.29. The van der Waals surface area contributed by atoms with Gasteiger partial charge in [-0.25, -0.2) is 0 Å². The van der Waals surface area contributed by atoms with Crippen molar-refractivity contribution in [3.63, 3.8) is 0 Å². The summed E-state index contributed by atoms with van der Waals surface area (Å²) in [5, 5.41) is 3.40. The van der Waals surface area contributed by atoms with Crippen LogP contribution in [0.3, 0.4) is 0 Å². The fraction of sp³-hybridized carbons (Fsp3) is 1.00. The number of likely N-dealkylation sites (tertiary alicyclic amines) is 1. The van der Waals surface area contributed by atoms with Crippen molar-refractivity contribution in [2.45, 2.75) is 45.6 Å². The Balaban J connectivity index is 2.18. The Bertz CT molecular complexity index is 185. The summed E-state index contributed by atoms with van der Waals surface area (Å²) in [6.45, 7) is 10.2. The molecule has 0 saturated carbocycles. The molecule has 2 unspecified atom stereocenters. The third-order valence-electron chi connectivity index (χ3n) is 3.80. The molecule has 102 valence electrons. The molecule has 2 atom stereocenters. The number of methoxy groups -OCH3 is 1. The van der Waals surface area contributed by atoms with E-state index in [1.165, 1.54) is 38.8 Å². The Morgan fingerprint density at radius 2 is 2.29 bits per heavy atom. The highest BCUT2D eigenvalue weighted by Crippen LogP contribution is 2.20. The molecule has 0 aromatic rings. The van der Waals surface area contributed by atoms with Crippen molar-refractivity contribution < 1.29 is 4.74 Å². The molecule has 3 heteroatoms. The van der Waals surface area contributed by atoms with E-state index in [1.807, 2.05) is 7.11 Å². The average Bonchev–Trinajstić information content (AvgIpc) is 2.35. The largest absolute Gasteiger partial charge is 0.384 e. The molecule has 0 spiro atoms. The third kappa shape index (κ3) is 5.84. The Labute approximate surface area is 107 Å². The second-order valence-electron chi connectivity index (χ2n) is 5.30. The van der Waals surface area contributed by atoms with Gasteiger partial charge in [0.15, 0.2) is 0 Å². The molecule has 0 amide bonds. The summed E-state index contributed by atoms with van der Waals surface area (Å²) >= 11 is 0. The monoisotopic (exact) mass is 242 g/mol. The predicted octanol–water partition coefficient (Wildman–Crippen LogP) is 2.12. The van der Waals surface area contributed by atoms with Crippen LogP contribution in [0.4, 0.5) is 0 Å². The zero-order valence-corrected chi connectivity index (χ0v) is 11.9. The van der Waals surface area contributed by atoms with Gasteiger partial charge in [0.05, 0.1) is 6.61 Å². The van der Waals surface area contributed by atoms with Crippen molar-refractivity contribution >= 4 is 0 Å². The van der Waals surface area contributed by atoms with E-state index in [4.69, 9.17) is 4.74 Å². The summed E-state index contributed by atoms with van der Waals surface area (Å²) in [5.41, 5.74) is 0. The van der Waals surface area contributed by atoms with E-state index in [0.717, 1.165) is 31.7 Å². The van der Waals surface area contributed by atoms with E-state index in [1.54, 1.807) is 0 Å². The minimum atomic E-state index is 0.730. The van der Waals surface area contributed by atoms with E-state index in [0.29, 0.717) is 0 Å². The molecule has 0 radical (unpaired) electrons. The SMILES string of the molecule is CCNCCCC(C)N1CCCC(COC)C1. The molecule has 1 saturated heterocycles. The lowest BCUT2D eigenvalue weighted by Crippen LogP contribution is -2.42. The number of nitrogens with zero attached hydrogens (tertiary/aromatic N) is 1. The van der Waals surface area contributed by atoms with Crippen molar-refractivity contribution in [1.82, 2.24) is 10.2 Å². The van der Waals surface area contributed by atoms with Crippen LogP contribution < -0.4 is 5.32 Å². The summed E-state index contributed by atoms with van der Waals surface area (Å²) in [5.74, 6) is 0.755. The zero-order chi connectivity index (χ0) is 12.5. The molecule has 0 aromatic carbocycles. The highest BCUT2D eigenvalue weighted by atomic mass is 16.5. The van der Waals surface area contributed by atoms with E-state index in [2.05, 4.69) is 24.1 Å². The third-order valence-corrected chi connectivity index (χ3v) is 3.80. The molecular formula is C14H30N2O. The number of nitrogens with one attached hydrogen (secondary N) is 1. The fourth-order valence-corrected chi connectivity index (χ4v) is 2.75. The molecule has 17 heavy (non-hydrogen) atoms. The van der Waals surface area contributed by atoms with E-state index < -0.39 is 0 Å². The molecule has 1 heterocycles. The second kappa shape index (κ2) is 8.90. The topological polar surface area (TPSA) is 24.5 Å². The van der Waals surface area contributed by atoms with Gasteiger partial charge in [-0.1, -0.05) is 6.92 Å². The van der Waals surface area contributed by atoms with E-state index >= 15 is 0 Å². The first-order chi connectivity index (χ1) is 8.27. The maximum atomic E-state index is 5.29. The van der Waals surface area contributed by atoms with Gasteiger partial charge in [-0.3, -0.25) is 0 Å². The molecule has 1 aliphatic heterocycles. The molecule has 1 fully saturated rings. The van der Waals surface area contributed by atoms with Crippen LogP contribution in [0.25, 0.3) is 0 Å². The predicted molar refractivity (Wildman–Crippen MR) is 73.4 cm³/mol. The summed E-state index contributed by atoms with van der Waals surface area (Å²) in [4.78, 5) is 2.65. The van der Waals surface area contributed by atoms with Gasteiger partial charge in [-0.05, 0) is 58.2 Å². The lowest BCUT2D eigenvalue weighted by atomic mass is 9.97. The van der Waals surface area contributed by atoms with Gasteiger partial charge in [-0.2, -0.15) is 0 Å². The molecule has 0 aromatic heterocycles. The molecule has 0 bridgehead atoms. The lowest BCUT2D eigenvalue weighted by Gasteiger charge is -2.36. The minimum Gasteiger partial charge on any atom is -0.384 e. The first-order valence-electron chi connectivity index (χ1n) is 7.21. The quantitative estimate of drug-likeness (QED) is 0.660. The fourth-order valence-electron chi connectivity index (χ4n) is 2.75. The standard InChI is InChI=1S/C14H30N2O/c1-4-15-9-5-7-13(2)16-10-6-8-14(11-16)12-17-3/h13-15H,4-12H2,1-3H3. The van der Waals surface area contributed by atoms with Crippen molar-refractivity contribution in [3.05, 3.63) is 0 Å². The van der Waals surface area contributed by atoms with Crippen LogP contribution in [0.2, 0.25) is 0 Å². The normalized spacial score (nSPS) is 23.8. The van der Waals surface area contributed by atoms with E-state index in [-0.39, 0.29) is 0 Å².